The molecule has 1 aliphatic heterocycles. The molecule has 26 heavy (non-hydrogen) atoms. The van der Waals surface area contributed by atoms with Crippen LogP contribution in [0.2, 0.25) is 0 Å². The Morgan fingerprint density at radius 2 is 1.65 bits per heavy atom. The van der Waals surface area contributed by atoms with Gasteiger partial charge in [0.05, 0.1) is 19.1 Å². The summed E-state index contributed by atoms with van der Waals surface area (Å²) in [4.78, 5) is 11.8. The summed E-state index contributed by atoms with van der Waals surface area (Å²) >= 11 is 0. The van der Waals surface area contributed by atoms with E-state index < -0.39 is 22.0 Å². The Labute approximate surface area is 151 Å². The van der Waals surface area contributed by atoms with Gasteiger partial charge in [0, 0.05) is 13.0 Å². The highest BCUT2D eigenvalue weighted by atomic mass is 32.2. The topological polar surface area (TPSA) is 93.1 Å². The van der Waals surface area contributed by atoms with E-state index in [0.29, 0.717) is 17.1 Å². The first-order chi connectivity index (χ1) is 12.4. The standard InChI is InChI=1S/C18H19NO6S/c1-24-16-9-12-8-15(18(20)21)19(11-13(12)10-17(16)25-2)26(22,23)14-6-4-3-5-7-14/h3-7,9-10,15H,8,11H2,1-2H3,(H,20,21)/t15-/m0/s1. The number of rotatable bonds is 5. The summed E-state index contributed by atoms with van der Waals surface area (Å²) in [6, 6.07) is 10.0. The van der Waals surface area contributed by atoms with Gasteiger partial charge in [0.2, 0.25) is 10.0 Å². The van der Waals surface area contributed by atoms with Gasteiger partial charge >= 0.3 is 5.97 Å². The number of methoxy groups -OCH3 is 2. The molecule has 1 aliphatic rings. The molecule has 0 aromatic heterocycles. The number of aliphatic carboxylic acids is 1. The molecule has 3 rings (SSSR count). The van der Waals surface area contributed by atoms with Gasteiger partial charge in [-0.05, 0) is 35.4 Å². The maximum atomic E-state index is 13.0. The lowest BCUT2D eigenvalue weighted by Crippen LogP contribution is -2.48. The van der Waals surface area contributed by atoms with Crippen molar-refractivity contribution in [3.05, 3.63) is 53.6 Å². The van der Waals surface area contributed by atoms with Gasteiger partial charge in [0.15, 0.2) is 11.5 Å². The van der Waals surface area contributed by atoms with Crippen LogP contribution >= 0.6 is 0 Å². The third-order valence-corrected chi connectivity index (χ3v) is 6.30. The smallest absolute Gasteiger partial charge is 0.322 e. The normalized spacial score (nSPS) is 17.4. The van der Waals surface area contributed by atoms with Crippen molar-refractivity contribution in [3.63, 3.8) is 0 Å². The van der Waals surface area contributed by atoms with Crippen molar-refractivity contribution in [2.45, 2.75) is 23.9 Å². The lowest BCUT2D eigenvalue weighted by molar-refractivity contribution is -0.141. The molecule has 8 heteroatoms. The predicted molar refractivity (Wildman–Crippen MR) is 93.8 cm³/mol. The number of nitrogens with zero attached hydrogens (tertiary/aromatic N) is 1. The van der Waals surface area contributed by atoms with Crippen molar-refractivity contribution in [3.8, 4) is 11.5 Å². The van der Waals surface area contributed by atoms with Gasteiger partial charge in [-0.25, -0.2) is 8.42 Å². The van der Waals surface area contributed by atoms with Crippen LogP contribution in [0, 0.1) is 0 Å². The van der Waals surface area contributed by atoms with Crippen LogP contribution in [0.5, 0.6) is 11.5 Å². The maximum Gasteiger partial charge on any atom is 0.322 e. The number of carbonyl (C=O) groups is 1. The molecule has 0 unspecified atom stereocenters. The second-order valence-corrected chi connectivity index (χ2v) is 7.79. The highest BCUT2D eigenvalue weighted by molar-refractivity contribution is 7.89. The van der Waals surface area contributed by atoms with Gasteiger partial charge in [0.1, 0.15) is 6.04 Å². The fourth-order valence-corrected chi connectivity index (χ4v) is 4.66. The zero-order valence-electron chi connectivity index (χ0n) is 14.4. The Bertz CT molecular complexity index is 926. The number of hydrogen-bond acceptors (Lipinski definition) is 5. The van der Waals surface area contributed by atoms with E-state index in [-0.39, 0.29) is 17.9 Å². The van der Waals surface area contributed by atoms with Crippen LogP contribution in [0.1, 0.15) is 11.1 Å². The van der Waals surface area contributed by atoms with E-state index in [2.05, 4.69) is 0 Å². The lowest BCUT2D eigenvalue weighted by atomic mass is 9.95. The molecule has 0 fully saturated rings. The zero-order chi connectivity index (χ0) is 18.9. The molecule has 7 nitrogen and oxygen atoms in total. The Hall–Kier alpha value is -2.58. The predicted octanol–water partition coefficient (Wildman–Crippen LogP) is 1.90. The molecule has 0 aliphatic carbocycles. The number of sulfonamides is 1. The molecule has 1 N–H and O–H groups in total. The number of carboxylic acid groups (broad SMARTS) is 1. The fourth-order valence-electron chi connectivity index (χ4n) is 3.08. The van der Waals surface area contributed by atoms with Crippen molar-refractivity contribution in [1.82, 2.24) is 4.31 Å². The number of ether oxygens (including phenoxy) is 2. The molecule has 2 aromatic rings. The molecule has 138 valence electrons. The number of fused-ring (bicyclic) bond motifs is 1. The van der Waals surface area contributed by atoms with Crippen LogP contribution in [-0.4, -0.2) is 44.1 Å². The van der Waals surface area contributed by atoms with Crippen LogP contribution in [0.25, 0.3) is 0 Å². The number of benzene rings is 2. The van der Waals surface area contributed by atoms with Crippen LogP contribution < -0.4 is 9.47 Å². The Kier molecular flexibility index (Phi) is 4.88. The van der Waals surface area contributed by atoms with Gasteiger partial charge in [-0.3, -0.25) is 4.79 Å². The van der Waals surface area contributed by atoms with Crippen molar-refractivity contribution in [2.75, 3.05) is 14.2 Å². The third-order valence-electron chi connectivity index (χ3n) is 4.43. The van der Waals surface area contributed by atoms with E-state index in [4.69, 9.17) is 9.47 Å². The minimum atomic E-state index is -3.95. The van der Waals surface area contributed by atoms with E-state index in [1.54, 1.807) is 30.3 Å². The summed E-state index contributed by atoms with van der Waals surface area (Å²) in [5, 5.41) is 9.61. The maximum absolute atomic E-state index is 13.0. The van der Waals surface area contributed by atoms with Crippen molar-refractivity contribution < 1.29 is 27.8 Å². The van der Waals surface area contributed by atoms with E-state index in [1.807, 2.05) is 0 Å². The molecule has 0 radical (unpaired) electrons. The van der Waals surface area contributed by atoms with Crippen LogP contribution in [-0.2, 0) is 27.8 Å². The first-order valence-corrected chi connectivity index (χ1v) is 9.36. The summed E-state index contributed by atoms with van der Waals surface area (Å²) in [5.74, 6) is -0.239. The summed E-state index contributed by atoms with van der Waals surface area (Å²) in [6.07, 6.45) is 0.0527. The average Bonchev–Trinajstić information content (AvgIpc) is 2.66. The molecule has 0 bridgehead atoms. The highest BCUT2D eigenvalue weighted by Gasteiger charge is 2.40. The molecule has 1 heterocycles. The molecule has 0 spiro atoms. The second-order valence-electron chi connectivity index (χ2n) is 5.90. The summed E-state index contributed by atoms with van der Waals surface area (Å²) in [5.41, 5.74) is 1.43. The first kappa shape index (κ1) is 18.2. The molecular weight excluding hydrogens is 358 g/mol. The van der Waals surface area contributed by atoms with Gasteiger partial charge in [-0.1, -0.05) is 18.2 Å². The van der Waals surface area contributed by atoms with E-state index in [0.717, 1.165) is 9.87 Å². The van der Waals surface area contributed by atoms with Crippen molar-refractivity contribution in [2.24, 2.45) is 0 Å². The molecular formula is C18H19NO6S. The quantitative estimate of drug-likeness (QED) is 0.856. The highest BCUT2D eigenvalue weighted by Crippen LogP contribution is 2.36. The Balaban J connectivity index is 2.09. The van der Waals surface area contributed by atoms with Gasteiger partial charge < -0.3 is 14.6 Å². The lowest BCUT2D eigenvalue weighted by Gasteiger charge is -2.33. The Morgan fingerprint density at radius 1 is 1.08 bits per heavy atom. The van der Waals surface area contributed by atoms with Crippen LogP contribution in [0.3, 0.4) is 0 Å². The largest absolute Gasteiger partial charge is 0.493 e. The number of carboxylic acids is 1. The fraction of sp³-hybridized carbons (Fsp3) is 0.278. The monoisotopic (exact) mass is 377 g/mol. The van der Waals surface area contributed by atoms with E-state index in [9.17, 15) is 18.3 Å². The van der Waals surface area contributed by atoms with Crippen LogP contribution in [0.4, 0.5) is 0 Å². The van der Waals surface area contributed by atoms with Gasteiger partial charge in [-0.2, -0.15) is 4.31 Å². The van der Waals surface area contributed by atoms with Crippen molar-refractivity contribution in [1.29, 1.82) is 0 Å². The zero-order valence-corrected chi connectivity index (χ0v) is 15.2. The minimum absolute atomic E-state index is 0.0517. The first-order valence-electron chi connectivity index (χ1n) is 7.92. The average molecular weight is 377 g/mol. The summed E-state index contributed by atoms with van der Waals surface area (Å²) < 4.78 is 37.5. The second kappa shape index (κ2) is 6.97. The van der Waals surface area contributed by atoms with Crippen LogP contribution in [0.15, 0.2) is 47.4 Å². The third kappa shape index (κ3) is 3.13. The number of hydrogen-bond donors (Lipinski definition) is 1. The van der Waals surface area contributed by atoms with E-state index >= 15 is 0 Å². The molecule has 2 aromatic carbocycles. The molecule has 1 atom stereocenters. The summed E-state index contributed by atoms with van der Waals surface area (Å²) in [7, 11) is -0.968. The van der Waals surface area contributed by atoms with Crippen molar-refractivity contribution >= 4 is 16.0 Å². The molecule has 0 saturated carbocycles. The van der Waals surface area contributed by atoms with E-state index in [1.165, 1.54) is 26.4 Å². The minimum Gasteiger partial charge on any atom is -0.493 e. The molecule has 0 saturated heterocycles. The summed E-state index contributed by atoms with van der Waals surface area (Å²) in [6.45, 7) is -0.0517. The van der Waals surface area contributed by atoms with Gasteiger partial charge in [-0.15, -0.1) is 0 Å². The Morgan fingerprint density at radius 3 is 2.19 bits per heavy atom. The SMILES string of the molecule is COc1cc2c(cc1OC)CN(S(=O)(=O)c1ccccc1)[C@H](C(=O)O)C2. The van der Waals surface area contributed by atoms with Gasteiger partial charge in [0.25, 0.3) is 0 Å². The molecule has 0 amide bonds.